The van der Waals surface area contributed by atoms with E-state index in [1.165, 1.54) is 5.39 Å². The molecule has 2 heterocycles. The Kier molecular flexibility index (Phi) is 2.89. The summed E-state index contributed by atoms with van der Waals surface area (Å²) in [6, 6.07) is 14.4. The van der Waals surface area contributed by atoms with Crippen LogP contribution in [-0.2, 0) is 4.79 Å². The number of rotatable bonds is 1. The molecule has 0 bridgehead atoms. The number of nitrogens with one attached hydrogen (secondary N) is 1. The number of pyridine rings is 1. The van der Waals surface area contributed by atoms with E-state index in [1.807, 2.05) is 36.7 Å². The molecule has 0 spiro atoms. The number of hydrogen-bond donors (Lipinski definition) is 1. The van der Waals surface area contributed by atoms with Gasteiger partial charge in [0.2, 0.25) is 5.91 Å². The minimum absolute atomic E-state index is 0.0621. The Balaban J connectivity index is 1.88. The zero-order chi connectivity index (χ0) is 14.2. The average molecular weight is 292 g/mol. The van der Waals surface area contributed by atoms with E-state index >= 15 is 0 Å². The maximum atomic E-state index is 11.4. The predicted octanol–water partition coefficient (Wildman–Crippen LogP) is 3.95. The second-order valence-electron chi connectivity index (χ2n) is 4.96. The highest BCUT2D eigenvalue weighted by molar-refractivity contribution is 8.00. The van der Waals surface area contributed by atoms with Crippen LogP contribution < -0.4 is 5.32 Å². The molecule has 1 amide bonds. The zero-order valence-corrected chi connectivity index (χ0v) is 12.0. The number of carbonyl (C=O) groups excluding carboxylic acids is 1. The Bertz CT molecular complexity index is 855. The molecule has 3 aromatic rings. The number of anilines is 1. The summed E-state index contributed by atoms with van der Waals surface area (Å²) < 4.78 is 0. The van der Waals surface area contributed by atoms with Crippen molar-refractivity contribution in [3.8, 4) is 11.1 Å². The van der Waals surface area contributed by atoms with Crippen LogP contribution in [0.1, 0.15) is 0 Å². The van der Waals surface area contributed by atoms with Crippen LogP contribution in [0.5, 0.6) is 0 Å². The summed E-state index contributed by atoms with van der Waals surface area (Å²) in [5, 5.41) is 5.23. The van der Waals surface area contributed by atoms with Crippen molar-refractivity contribution in [3.63, 3.8) is 0 Å². The molecule has 1 aliphatic heterocycles. The molecule has 0 unspecified atom stereocenters. The van der Waals surface area contributed by atoms with Gasteiger partial charge in [-0.2, -0.15) is 0 Å². The number of aromatic nitrogens is 1. The van der Waals surface area contributed by atoms with Gasteiger partial charge in [-0.1, -0.05) is 30.3 Å². The lowest BCUT2D eigenvalue weighted by Gasteiger charge is -2.17. The molecule has 1 N–H and O–H groups in total. The van der Waals surface area contributed by atoms with Gasteiger partial charge in [0.15, 0.2) is 0 Å². The molecule has 21 heavy (non-hydrogen) atoms. The van der Waals surface area contributed by atoms with E-state index in [2.05, 4.69) is 28.5 Å². The first-order valence-corrected chi connectivity index (χ1v) is 7.70. The largest absolute Gasteiger partial charge is 0.324 e. The number of benzene rings is 2. The van der Waals surface area contributed by atoms with Crippen molar-refractivity contribution < 1.29 is 4.79 Å². The first-order chi connectivity index (χ1) is 10.3. The Morgan fingerprint density at radius 3 is 2.95 bits per heavy atom. The van der Waals surface area contributed by atoms with Gasteiger partial charge in [-0.15, -0.1) is 11.8 Å². The number of nitrogens with zero attached hydrogens (tertiary/aromatic N) is 1. The summed E-state index contributed by atoms with van der Waals surface area (Å²) >= 11 is 1.58. The molecule has 3 nitrogen and oxygen atoms in total. The maximum Gasteiger partial charge on any atom is 0.234 e. The van der Waals surface area contributed by atoms with Crippen LogP contribution in [0.2, 0.25) is 0 Å². The summed E-state index contributed by atoms with van der Waals surface area (Å²) in [4.78, 5) is 16.9. The lowest BCUT2D eigenvalue weighted by molar-refractivity contribution is -0.113. The minimum Gasteiger partial charge on any atom is -0.324 e. The quantitative estimate of drug-likeness (QED) is 0.738. The Labute approximate surface area is 126 Å². The molecule has 0 saturated heterocycles. The van der Waals surface area contributed by atoms with Crippen molar-refractivity contribution in [2.24, 2.45) is 0 Å². The zero-order valence-electron chi connectivity index (χ0n) is 11.2. The second kappa shape index (κ2) is 4.90. The Hall–Kier alpha value is -2.33. The first kappa shape index (κ1) is 12.4. The van der Waals surface area contributed by atoms with Crippen molar-refractivity contribution in [3.05, 3.63) is 54.9 Å². The molecule has 102 valence electrons. The SMILES string of the molecule is O=C1CSc2cc(-c3cncc4ccccc34)ccc2N1. The molecular weight excluding hydrogens is 280 g/mol. The second-order valence-corrected chi connectivity index (χ2v) is 5.97. The van der Waals surface area contributed by atoms with Gasteiger partial charge in [-0.25, -0.2) is 0 Å². The highest BCUT2D eigenvalue weighted by atomic mass is 32.2. The molecule has 0 saturated carbocycles. The number of hydrogen-bond acceptors (Lipinski definition) is 3. The van der Waals surface area contributed by atoms with Crippen LogP contribution in [-0.4, -0.2) is 16.6 Å². The van der Waals surface area contributed by atoms with Crippen molar-refractivity contribution in [2.75, 3.05) is 11.1 Å². The third-order valence-electron chi connectivity index (χ3n) is 3.59. The van der Waals surface area contributed by atoms with Gasteiger partial charge in [-0.3, -0.25) is 9.78 Å². The number of fused-ring (bicyclic) bond motifs is 2. The predicted molar refractivity (Wildman–Crippen MR) is 86.5 cm³/mol. The topological polar surface area (TPSA) is 42.0 Å². The average Bonchev–Trinajstić information content (AvgIpc) is 2.54. The van der Waals surface area contributed by atoms with Crippen LogP contribution >= 0.6 is 11.8 Å². The smallest absolute Gasteiger partial charge is 0.234 e. The molecule has 1 aliphatic rings. The van der Waals surface area contributed by atoms with Crippen LogP contribution in [0.15, 0.2) is 59.8 Å². The van der Waals surface area contributed by atoms with Crippen molar-refractivity contribution in [2.45, 2.75) is 4.90 Å². The normalized spacial score (nSPS) is 13.8. The monoisotopic (exact) mass is 292 g/mol. The van der Waals surface area contributed by atoms with Crippen LogP contribution in [0.3, 0.4) is 0 Å². The molecule has 4 rings (SSSR count). The first-order valence-electron chi connectivity index (χ1n) is 6.71. The van der Waals surface area contributed by atoms with Gasteiger partial charge in [0.1, 0.15) is 0 Å². The molecule has 2 aromatic carbocycles. The maximum absolute atomic E-state index is 11.4. The van der Waals surface area contributed by atoms with E-state index in [0.717, 1.165) is 27.1 Å². The van der Waals surface area contributed by atoms with Crippen LogP contribution in [0, 0.1) is 0 Å². The van der Waals surface area contributed by atoms with E-state index < -0.39 is 0 Å². The fourth-order valence-electron chi connectivity index (χ4n) is 2.59. The molecular formula is C17H12N2OS. The molecule has 0 aliphatic carbocycles. The fourth-order valence-corrected chi connectivity index (χ4v) is 3.43. The van der Waals surface area contributed by atoms with E-state index in [1.54, 1.807) is 11.8 Å². The Morgan fingerprint density at radius 1 is 1.10 bits per heavy atom. The van der Waals surface area contributed by atoms with E-state index in [-0.39, 0.29) is 5.91 Å². The van der Waals surface area contributed by atoms with E-state index in [0.29, 0.717) is 5.75 Å². The fraction of sp³-hybridized carbons (Fsp3) is 0.0588. The number of carbonyl (C=O) groups is 1. The lowest BCUT2D eigenvalue weighted by atomic mass is 10.0. The third kappa shape index (κ3) is 2.17. The molecule has 0 radical (unpaired) electrons. The third-order valence-corrected chi connectivity index (χ3v) is 4.65. The summed E-state index contributed by atoms with van der Waals surface area (Å²) in [5.74, 6) is 0.539. The van der Waals surface area contributed by atoms with Crippen molar-refractivity contribution >= 4 is 34.1 Å². The lowest BCUT2D eigenvalue weighted by Crippen LogP contribution is -2.18. The summed E-state index contributed by atoms with van der Waals surface area (Å²) in [5.41, 5.74) is 3.14. The van der Waals surface area contributed by atoms with Gasteiger partial charge < -0.3 is 5.32 Å². The molecule has 1 aromatic heterocycles. The molecule has 4 heteroatoms. The van der Waals surface area contributed by atoms with Gasteiger partial charge in [0.05, 0.1) is 11.4 Å². The Morgan fingerprint density at radius 2 is 2.00 bits per heavy atom. The van der Waals surface area contributed by atoms with Gasteiger partial charge in [-0.05, 0) is 23.1 Å². The highest BCUT2D eigenvalue weighted by Gasteiger charge is 2.16. The van der Waals surface area contributed by atoms with Gasteiger partial charge in [0, 0.05) is 28.2 Å². The van der Waals surface area contributed by atoms with Gasteiger partial charge >= 0.3 is 0 Å². The summed E-state index contributed by atoms with van der Waals surface area (Å²) in [6.45, 7) is 0. The summed E-state index contributed by atoms with van der Waals surface area (Å²) in [6.07, 6.45) is 3.78. The molecule has 0 atom stereocenters. The van der Waals surface area contributed by atoms with Crippen molar-refractivity contribution in [1.82, 2.24) is 4.98 Å². The van der Waals surface area contributed by atoms with Crippen LogP contribution in [0.25, 0.3) is 21.9 Å². The van der Waals surface area contributed by atoms with E-state index in [4.69, 9.17) is 0 Å². The molecule has 0 fully saturated rings. The highest BCUT2D eigenvalue weighted by Crippen LogP contribution is 2.36. The van der Waals surface area contributed by atoms with Crippen LogP contribution in [0.4, 0.5) is 5.69 Å². The van der Waals surface area contributed by atoms with Gasteiger partial charge in [0.25, 0.3) is 0 Å². The summed E-state index contributed by atoms with van der Waals surface area (Å²) in [7, 11) is 0. The standard InChI is InChI=1S/C17H12N2OS/c20-17-10-21-16-7-11(5-6-15(16)19-17)14-9-18-8-12-3-1-2-4-13(12)14/h1-9H,10H2,(H,19,20). The number of amides is 1. The van der Waals surface area contributed by atoms with E-state index in [9.17, 15) is 4.79 Å². The van der Waals surface area contributed by atoms with Crippen molar-refractivity contribution in [1.29, 1.82) is 0 Å². The minimum atomic E-state index is 0.0621. The number of thioether (sulfide) groups is 1.